The van der Waals surface area contributed by atoms with Crippen LogP contribution in [0.5, 0.6) is 0 Å². The van der Waals surface area contributed by atoms with Crippen molar-refractivity contribution in [1.29, 1.82) is 0 Å². The fourth-order valence-electron chi connectivity index (χ4n) is 2.47. The van der Waals surface area contributed by atoms with Crippen molar-refractivity contribution >= 4 is 23.5 Å². The Morgan fingerprint density at radius 3 is 2.58 bits per heavy atom. The number of ether oxygens (including phenoxy) is 1. The molecule has 0 saturated carbocycles. The van der Waals surface area contributed by atoms with Gasteiger partial charge in [0.05, 0.1) is 23.6 Å². The van der Waals surface area contributed by atoms with Gasteiger partial charge in [-0.15, -0.1) is 0 Å². The summed E-state index contributed by atoms with van der Waals surface area (Å²) in [6, 6.07) is 4.14. The van der Waals surface area contributed by atoms with E-state index in [4.69, 9.17) is 16.3 Å². The maximum atomic E-state index is 14.0. The molecule has 6 heteroatoms. The molecule has 1 atom stereocenters. The van der Waals surface area contributed by atoms with Crippen LogP contribution < -0.4 is 0 Å². The standard InChI is InChI=1S/C18H25ClFNO3/c1-4-5-6-7-11-21(12-13(2)18(23)24-3)17(22)16-14(19)9-8-10-15(16)20/h8-10,13H,4-7,11-12H2,1-3H3. The Hall–Kier alpha value is -1.62. The van der Waals surface area contributed by atoms with E-state index in [1.807, 2.05) is 0 Å². The molecule has 0 bridgehead atoms. The van der Waals surface area contributed by atoms with Crippen LogP contribution in [0.25, 0.3) is 0 Å². The van der Waals surface area contributed by atoms with Crippen molar-refractivity contribution in [1.82, 2.24) is 4.90 Å². The van der Waals surface area contributed by atoms with Gasteiger partial charge >= 0.3 is 5.97 Å². The number of carbonyl (C=O) groups is 2. The number of halogens is 2. The van der Waals surface area contributed by atoms with E-state index in [0.717, 1.165) is 25.7 Å². The Balaban J connectivity index is 2.93. The molecule has 0 aliphatic carbocycles. The highest BCUT2D eigenvalue weighted by molar-refractivity contribution is 6.33. The monoisotopic (exact) mass is 357 g/mol. The maximum absolute atomic E-state index is 14.0. The second kappa shape index (κ2) is 10.3. The summed E-state index contributed by atoms with van der Waals surface area (Å²) in [4.78, 5) is 25.9. The lowest BCUT2D eigenvalue weighted by molar-refractivity contribution is -0.145. The van der Waals surface area contributed by atoms with E-state index in [1.54, 1.807) is 6.92 Å². The van der Waals surface area contributed by atoms with E-state index < -0.39 is 23.6 Å². The average molecular weight is 358 g/mol. The van der Waals surface area contributed by atoms with Crippen LogP contribution in [0, 0.1) is 11.7 Å². The predicted molar refractivity (Wildman–Crippen MR) is 92.6 cm³/mol. The molecule has 4 nitrogen and oxygen atoms in total. The fraction of sp³-hybridized carbons (Fsp3) is 0.556. The first-order valence-corrected chi connectivity index (χ1v) is 8.61. The van der Waals surface area contributed by atoms with Gasteiger partial charge in [-0.05, 0) is 18.6 Å². The minimum Gasteiger partial charge on any atom is -0.469 e. The summed E-state index contributed by atoms with van der Waals surface area (Å²) in [5.74, 6) is -2.04. The summed E-state index contributed by atoms with van der Waals surface area (Å²) in [6.45, 7) is 4.40. The first kappa shape index (κ1) is 20.4. The second-order valence-corrected chi connectivity index (χ2v) is 6.24. The molecule has 0 aliphatic rings. The maximum Gasteiger partial charge on any atom is 0.310 e. The molecule has 0 N–H and O–H groups in total. The molecule has 1 amide bonds. The number of hydrogen-bond donors (Lipinski definition) is 0. The number of esters is 1. The van der Waals surface area contributed by atoms with Crippen LogP contribution in [0.2, 0.25) is 5.02 Å². The number of carbonyl (C=O) groups excluding carboxylic acids is 2. The van der Waals surface area contributed by atoms with Gasteiger partial charge in [-0.1, -0.05) is 50.8 Å². The van der Waals surface area contributed by atoms with E-state index in [0.29, 0.717) is 6.54 Å². The Morgan fingerprint density at radius 2 is 2.00 bits per heavy atom. The SMILES string of the molecule is CCCCCCN(CC(C)C(=O)OC)C(=O)c1c(F)cccc1Cl. The molecule has 0 saturated heterocycles. The van der Waals surface area contributed by atoms with Crippen LogP contribution in [0.4, 0.5) is 4.39 Å². The van der Waals surface area contributed by atoms with Crippen LogP contribution in [0.1, 0.15) is 49.9 Å². The highest BCUT2D eigenvalue weighted by Crippen LogP contribution is 2.22. The van der Waals surface area contributed by atoms with Gasteiger partial charge in [0.15, 0.2) is 0 Å². The number of nitrogens with zero attached hydrogens (tertiary/aromatic N) is 1. The van der Waals surface area contributed by atoms with E-state index in [9.17, 15) is 14.0 Å². The molecule has 24 heavy (non-hydrogen) atoms. The zero-order valence-electron chi connectivity index (χ0n) is 14.5. The number of rotatable bonds is 9. The molecule has 0 aromatic heterocycles. The number of benzene rings is 1. The van der Waals surface area contributed by atoms with Gasteiger partial charge in [-0.2, -0.15) is 0 Å². The molecule has 0 radical (unpaired) electrons. The molecule has 0 fully saturated rings. The first-order valence-electron chi connectivity index (χ1n) is 8.23. The number of methoxy groups -OCH3 is 1. The normalized spacial score (nSPS) is 11.9. The quantitative estimate of drug-likeness (QED) is 0.488. The largest absolute Gasteiger partial charge is 0.469 e. The second-order valence-electron chi connectivity index (χ2n) is 5.83. The fourth-order valence-corrected chi connectivity index (χ4v) is 2.72. The van der Waals surface area contributed by atoms with Gasteiger partial charge < -0.3 is 9.64 Å². The molecule has 1 rings (SSSR count). The van der Waals surface area contributed by atoms with Crippen LogP contribution in [-0.2, 0) is 9.53 Å². The van der Waals surface area contributed by atoms with E-state index in [-0.39, 0.29) is 17.1 Å². The molecule has 1 aromatic carbocycles. The Morgan fingerprint density at radius 1 is 1.29 bits per heavy atom. The molecule has 0 aliphatic heterocycles. The van der Waals surface area contributed by atoms with E-state index in [2.05, 4.69) is 6.92 Å². The third kappa shape index (κ3) is 5.78. The zero-order valence-corrected chi connectivity index (χ0v) is 15.2. The van der Waals surface area contributed by atoms with Gasteiger partial charge in [0.1, 0.15) is 5.82 Å². The number of unbranched alkanes of at least 4 members (excludes halogenated alkanes) is 3. The van der Waals surface area contributed by atoms with Crippen LogP contribution in [-0.4, -0.2) is 37.0 Å². The lowest BCUT2D eigenvalue weighted by atomic mass is 10.1. The van der Waals surface area contributed by atoms with Gasteiger partial charge in [0, 0.05) is 13.1 Å². The molecule has 1 aromatic rings. The summed E-state index contributed by atoms with van der Waals surface area (Å²) < 4.78 is 18.8. The van der Waals surface area contributed by atoms with Gasteiger partial charge in [0.25, 0.3) is 5.91 Å². The van der Waals surface area contributed by atoms with Crippen molar-refractivity contribution in [2.24, 2.45) is 5.92 Å². The summed E-state index contributed by atoms with van der Waals surface area (Å²) in [5.41, 5.74) is -0.147. The molecule has 134 valence electrons. The Kier molecular flexibility index (Phi) is 8.76. The van der Waals surface area contributed by atoms with Crippen molar-refractivity contribution in [2.45, 2.75) is 39.5 Å². The third-order valence-electron chi connectivity index (χ3n) is 3.84. The lowest BCUT2D eigenvalue weighted by Gasteiger charge is -2.25. The molecular weight excluding hydrogens is 333 g/mol. The van der Waals surface area contributed by atoms with Crippen molar-refractivity contribution in [2.75, 3.05) is 20.2 Å². The molecule has 1 unspecified atom stereocenters. The van der Waals surface area contributed by atoms with E-state index >= 15 is 0 Å². The lowest BCUT2D eigenvalue weighted by Crippen LogP contribution is -2.38. The highest BCUT2D eigenvalue weighted by atomic mass is 35.5. The van der Waals surface area contributed by atoms with Crippen LogP contribution in [0.15, 0.2) is 18.2 Å². The van der Waals surface area contributed by atoms with Gasteiger partial charge in [-0.3, -0.25) is 9.59 Å². The Labute approximate surface area is 147 Å². The van der Waals surface area contributed by atoms with Gasteiger partial charge in [0.2, 0.25) is 0 Å². The minimum absolute atomic E-state index is 0.0734. The summed E-state index contributed by atoms with van der Waals surface area (Å²) in [5, 5.41) is 0.0734. The predicted octanol–water partition coefficient (Wildman–Crippen LogP) is 4.31. The number of amides is 1. The summed E-state index contributed by atoms with van der Waals surface area (Å²) in [7, 11) is 1.31. The van der Waals surface area contributed by atoms with E-state index in [1.165, 1.54) is 30.2 Å². The van der Waals surface area contributed by atoms with Crippen LogP contribution >= 0.6 is 11.6 Å². The first-order chi connectivity index (χ1) is 11.4. The van der Waals surface area contributed by atoms with Crippen LogP contribution in [0.3, 0.4) is 0 Å². The molecule has 0 spiro atoms. The minimum atomic E-state index is -0.656. The van der Waals surface area contributed by atoms with Gasteiger partial charge in [-0.25, -0.2) is 4.39 Å². The molecule has 0 heterocycles. The topological polar surface area (TPSA) is 46.6 Å². The highest BCUT2D eigenvalue weighted by Gasteiger charge is 2.25. The van der Waals surface area contributed by atoms with Crippen molar-refractivity contribution < 1.29 is 18.7 Å². The summed E-state index contributed by atoms with van der Waals surface area (Å²) >= 11 is 6.00. The Bertz CT molecular complexity index is 545. The van der Waals surface area contributed by atoms with Crippen molar-refractivity contribution in [3.05, 3.63) is 34.6 Å². The van der Waals surface area contributed by atoms with Crippen molar-refractivity contribution in [3.8, 4) is 0 Å². The summed E-state index contributed by atoms with van der Waals surface area (Å²) in [6.07, 6.45) is 3.90. The zero-order chi connectivity index (χ0) is 18.1. The molecular formula is C18H25ClFNO3. The van der Waals surface area contributed by atoms with Crippen molar-refractivity contribution in [3.63, 3.8) is 0 Å². The number of hydrogen-bond acceptors (Lipinski definition) is 3. The third-order valence-corrected chi connectivity index (χ3v) is 4.16. The smallest absolute Gasteiger partial charge is 0.310 e. The average Bonchev–Trinajstić information content (AvgIpc) is 2.56.